The minimum atomic E-state index is -3.30. The van der Waals surface area contributed by atoms with E-state index in [-0.39, 0.29) is 0 Å². The summed E-state index contributed by atoms with van der Waals surface area (Å²) >= 11 is 1.70. The number of benzene rings is 1. The molecule has 0 aliphatic heterocycles. The maximum atomic E-state index is 11.3. The number of hydrogen-bond acceptors (Lipinski definition) is 5. The summed E-state index contributed by atoms with van der Waals surface area (Å²) < 4.78 is 30.8. The van der Waals surface area contributed by atoms with Crippen molar-refractivity contribution in [3.8, 4) is 0 Å². The van der Waals surface area contributed by atoms with Crippen LogP contribution >= 0.6 is 11.8 Å². The molecule has 0 saturated carbocycles. The zero-order valence-electron chi connectivity index (χ0n) is 11.9. The van der Waals surface area contributed by atoms with Gasteiger partial charge in [0.15, 0.2) is 0 Å². The number of para-hydroxylation sites is 2. The number of nitrogens with one attached hydrogen (secondary N) is 2. The number of furan rings is 1. The van der Waals surface area contributed by atoms with E-state index in [2.05, 4.69) is 10.0 Å². The van der Waals surface area contributed by atoms with Gasteiger partial charge in [0.25, 0.3) is 0 Å². The van der Waals surface area contributed by atoms with Crippen LogP contribution in [0.25, 0.3) is 0 Å². The van der Waals surface area contributed by atoms with Gasteiger partial charge in [0.05, 0.1) is 29.9 Å². The van der Waals surface area contributed by atoms with Gasteiger partial charge in [0.2, 0.25) is 10.0 Å². The van der Waals surface area contributed by atoms with Crippen LogP contribution in [0.3, 0.4) is 0 Å². The van der Waals surface area contributed by atoms with Crippen molar-refractivity contribution in [2.75, 3.05) is 22.6 Å². The van der Waals surface area contributed by atoms with Crippen LogP contribution in [0, 0.1) is 0 Å². The van der Waals surface area contributed by atoms with Crippen molar-refractivity contribution >= 4 is 33.2 Å². The summed E-state index contributed by atoms with van der Waals surface area (Å²) in [4.78, 5) is 0. The van der Waals surface area contributed by atoms with Crippen LogP contribution < -0.4 is 10.0 Å². The first-order chi connectivity index (χ1) is 9.98. The minimum absolute atomic E-state index is 0.497. The molecule has 1 heterocycles. The van der Waals surface area contributed by atoms with Crippen molar-refractivity contribution < 1.29 is 12.8 Å². The van der Waals surface area contributed by atoms with Gasteiger partial charge >= 0.3 is 0 Å². The second-order valence-electron chi connectivity index (χ2n) is 4.57. The number of rotatable bonds is 7. The van der Waals surface area contributed by atoms with E-state index in [0.29, 0.717) is 17.9 Å². The van der Waals surface area contributed by atoms with E-state index in [1.165, 1.54) is 0 Å². The van der Waals surface area contributed by atoms with Crippen molar-refractivity contribution in [2.24, 2.45) is 0 Å². The molecule has 2 N–H and O–H groups in total. The average molecular weight is 326 g/mol. The van der Waals surface area contributed by atoms with Crippen LogP contribution in [0.4, 0.5) is 11.4 Å². The molecule has 0 atom stereocenters. The highest BCUT2D eigenvalue weighted by molar-refractivity contribution is 7.97. The summed E-state index contributed by atoms with van der Waals surface area (Å²) in [5, 5.41) is 3.18. The second-order valence-corrected chi connectivity index (χ2v) is 7.19. The molecule has 0 saturated heterocycles. The van der Waals surface area contributed by atoms with Gasteiger partial charge in [-0.3, -0.25) is 4.72 Å². The van der Waals surface area contributed by atoms with E-state index in [0.717, 1.165) is 23.5 Å². The molecule has 0 fully saturated rings. The molecular weight excluding hydrogens is 308 g/mol. The molecule has 0 radical (unpaired) electrons. The zero-order valence-corrected chi connectivity index (χ0v) is 13.6. The van der Waals surface area contributed by atoms with Gasteiger partial charge in [0, 0.05) is 0 Å². The Kier molecular flexibility index (Phi) is 5.19. The van der Waals surface area contributed by atoms with Gasteiger partial charge in [-0.2, -0.15) is 11.8 Å². The van der Waals surface area contributed by atoms with Crippen molar-refractivity contribution in [2.45, 2.75) is 12.3 Å². The summed E-state index contributed by atoms with van der Waals surface area (Å²) in [5.41, 5.74) is 1.24. The predicted octanol–water partition coefficient (Wildman–Crippen LogP) is 3.13. The van der Waals surface area contributed by atoms with E-state index < -0.39 is 10.0 Å². The molecular formula is C14H18N2O3S2. The monoisotopic (exact) mass is 326 g/mol. The fourth-order valence-electron chi connectivity index (χ4n) is 1.85. The Morgan fingerprint density at radius 3 is 2.43 bits per heavy atom. The van der Waals surface area contributed by atoms with Crippen LogP contribution in [0.15, 0.2) is 40.8 Å². The van der Waals surface area contributed by atoms with Crippen LogP contribution in [0.1, 0.15) is 11.5 Å². The Morgan fingerprint density at radius 2 is 1.76 bits per heavy atom. The van der Waals surface area contributed by atoms with E-state index in [1.54, 1.807) is 23.9 Å². The van der Waals surface area contributed by atoms with Crippen molar-refractivity contribution in [3.63, 3.8) is 0 Å². The molecule has 2 rings (SSSR count). The van der Waals surface area contributed by atoms with Gasteiger partial charge in [-0.15, -0.1) is 0 Å². The van der Waals surface area contributed by atoms with Crippen molar-refractivity contribution in [1.82, 2.24) is 0 Å². The molecule has 0 bridgehead atoms. The lowest BCUT2D eigenvalue weighted by molar-refractivity contribution is 0.487. The summed E-state index contributed by atoms with van der Waals surface area (Å²) in [6, 6.07) is 11.0. The van der Waals surface area contributed by atoms with Gasteiger partial charge in [-0.05, 0) is 30.5 Å². The number of hydrogen-bond donors (Lipinski definition) is 2. The molecule has 21 heavy (non-hydrogen) atoms. The smallest absolute Gasteiger partial charge is 0.229 e. The van der Waals surface area contributed by atoms with Crippen LogP contribution in [-0.4, -0.2) is 20.9 Å². The number of sulfonamides is 1. The van der Waals surface area contributed by atoms with Gasteiger partial charge in [-0.1, -0.05) is 12.1 Å². The van der Waals surface area contributed by atoms with E-state index >= 15 is 0 Å². The predicted molar refractivity (Wildman–Crippen MR) is 88.2 cm³/mol. The van der Waals surface area contributed by atoms with Gasteiger partial charge in [-0.25, -0.2) is 8.42 Å². The highest BCUT2D eigenvalue weighted by Gasteiger charge is 2.07. The molecule has 114 valence electrons. The molecule has 2 aromatic rings. The normalized spacial score (nSPS) is 11.3. The summed E-state index contributed by atoms with van der Waals surface area (Å²) in [6.45, 7) is 0.497. The third kappa shape index (κ3) is 5.02. The molecule has 7 heteroatoms. The topological polar surface area (TPSA) is 71.3 Å². The third-order valence-electron chi connectivity index (χ3n) is 2.68. The molecule has 0 unspecified atom stereocenters. The summed E-state index contributed by atoms with van der Waals surface area (Å²) in [7, 11) is -3.30. The largest absolute Gasteiger partial charge is 0.463 e. The molecule has 0 spiro atoms. The highest BCUT2D eigenvalue weighted by atomic mass is 32.2. The molecule has 0 amide bonds. The van der Waals surface area contributed by atoms with Crippen LogP contribution in [0.2, 0.25) is 0 Å². The number of thioether (sulfide) groups is 1. The maximum absolute atomic E-state index is 11.3. The lowest BCUT2D eigenvalue weighted by atomic mass is 10.2. The Labute approximate surface area is 129 Å². The van der Waals surface area contributed by atoms with Crippen molar-refractivity contribution in [1.29, 1.82) is 0 Å². The zero-order chi connectivity index (χ0) is 15.3. The quantitative estimate of drug-likeness (QED) is 0.818. The fourth-order valence-corrected chi connectivity index (χ4v) is 2.86. The Balaban J connectivity index is 2.05. The van der Waals surface area contributed by atoms with Crippen LogP contribution in [0.5, 0.6) is 0 Å². The van der Waals surface area contributed by atoms with E-state index in [9.17, 15) is 8.42 Å². The summed E-state index contributed by atoms with van der Waals surface area (Å²) in [6.07, 6.45) is 3.15. The maximum Gasteiger partial charge on any atom is 0.229 e. The highest BCUT2D eigenvalue weighted by Crippen LogP contribution is 2.23. The van der Waals surface area contributed by atoms with E-state index in [1.807, 2.05) is 30.5 Å². The standard InChI is InChI=1S/C14H18N2O3S2/c1-20-10-12-8-7-11(19-12)9-15-13-5-3-4-6-14(13)16-21(2,17)18/h3-8,15-16H,9-10H2,1-2H3. The molecule has 0 aliphatic rings. The Hall–Kier alpha value is -1.60. The molecule has 0 aliphatic carbocycles. The lowest BCUT2D eigenvalue weighted by Crippen LogP contribution is -2.11. The minimum Gasteiger partial charge on any atom is -0.463 e. The SMILES string of the molecule is CSCc1ccc(CNc2ccccc2NS(C)(=O)=O)o1. The van der Waals surface area contributed by atoms with Crippen LogP contribution in [-0.2, 0) is 22.3 Å². The first kappa shape index (κ1) is 15.8. The first-order valence-corrected chi connectivity index (χ1v) is 9.63. The van der Waals surface area contributed by atoms with Gasteiger partial charge < -0.3 is 9.73 Å². The molecule has 1 aromatic heterocycles. The molecule has 1 aromatic carbocycles. The first-order valence-electron chi connectivity index (χ1n) is 6.35. The van der Waals surface area contributed by atoms with E-state index in [4.69, 9.17) is 4.42 Å². The fraction of sp³-hybridized carbons (Fsp3) is 0.286. The average Bonchev–Trinajstić information content (AvgIpc) is 2.84. The lowest BCUT2D eigenvalue weighted by Gasteiger charge is -2.11. The molecule has 5 nitrogen and oxygen atoms in total. The number of anilines is 2. The Morgan fingerprint density at radius 1 is 1.10 bits per heavy atom. The second kappa shape index (κ2) is 6.91. The summed E-state index contributed by atoms with van der Waals surface area (Å²) in [5.74, 6) is 2.58. The third-order valence-corrected chi connectivity index (χ3v) is 3.84. The Bertz CT molecular complexity index is 696. The van der Waals surface area contributed by atoms with Gasteiger partial charge in [0.1, 0.15) is 11.5 Å². The van der Waals surface area contributed by atoms with Crippen molar-refractivity contribution in [3.05, 3.63) is 47.9 Å².